The number of ether oxygens (including phenoxy) is 1. The lowest BCUT2D eigenvalue weighted by atomic mass is 10.3. The molecule has 0 bridgehead atoms. The van der Waals surface area contributed by atoms with Crippen LogP contribution in [0, 0.1) is 11.6 Å². The molecule has 1 N–H and O–H groups in total. The fraction of sp³-hybridized carbons (Fsp3) is 0.455. The number of hydrogen-bond acceptors (Lipinski definition) is 3. The highest BCUT2D eigenvalue weighted by Gasteiger charge is 2.15. The average Bonchev–Trinajstić information content (AvgIpc) is 2.36. The molecule has 0 aliphatic carbocycles. The van der Waals surface area contributed by atoms with E-state index in [1.807, 2.05) is 0 Å². The van der Waals surface area contributed by atoms with Gasteiger partial charge in [0.2, 0.25) is 10.0 Å². The van der Waals surface area contributed by atoms with Gasteiger partial charge in [0, 0.05) is 19.0 Å². The summed E-state index contributed by atoms with van der Waals surface area (Å²) in [4.78, 5) is -0.312. The van der Waals surface area contributed by atoms with Crippen molar-refractivity contribution in [2.45, 2.75) is 11.3 Å². The number of hydrogen-bond donors (Lipinski definition) is 1. The number of sulfonamides is 1. The summed E-state index contributed by atoms with van der Waals surface area (Å²) in [6.45, 7) is 0.911. The predicted molar refractivity (Wildman–Crippen MR) is 67.7 cm³/mol. The van der Waals surface area contributed by atoms with Crippen LogP contribution >= 0.6 is 11.6 Å². The van der Waals surface area contributed by atoms with Gasteiger partial charge in [-0.15, -0.1) is 11.6 Å². The number of benzene rings is 1. The minimum atomic E-state index is -3.83. The maximum absolute atomic E-state index is 12.9. The van der Waals surface area contributed by atoms with Gasteiger partial charge in [0.1, 0.15) is 0 Å². The largest absolute Gasteiger partial charge is 0.380 e. The van der Waals surface area contributed by atoms with E-state index < -0.39 is 21.7 Å². The monoisotopic (exact) mass is 313 g/mol. The summed E-state index contributed by atoms with van der Waals surface area (Å²) in [5.74, 6) is -1.91. The van der Waals surface area contributed by atoms with Crippen molar-refractivity contribution in [3.63, 3.8) is 0 Å². The second kappa shape index (κ2) is 7.74. The first-order chi connectivity index (χ1) is 8.97. The fourth-order valence-corrected chi connectivity index (χ4v) is 2.46. The molecule has 0 aromatic heterocycles. The first kappa shape index (κ1) is 16.3. The molecule has 1 rings (SSSR count). The van der Waals surface area contributed by atoms with Crippen LogP contribution in [0.15, 0.2) is 23.1 Å². The zero-order chi connectivity index (χ0) is 14.3. The minimum absolute atomic E-state index is 0.142. The Kier molecular flexibility index (Phi) is 6.64. The quantitative estimate of drug-likeness (QED) is 0.589. The molecule has 0 fully saturated rings. The van der Waals surface area contributed by atoms with Gasteiger partial charge in [-0.05, 0) is 24.6 Å². The highest BCUT2D eigenvalue weighted by atomic mass is 35.5. The lowest BCUT2D eigenvalue weighted by molar-refractivity contribution is 0.147. The van der Waals surface area contributed by atoms with E-state index in [1.54, 1.807) is 0 Å². The van der Waals surface area contributed by atoms with Crippen LogP contribution in [0.1, 0.15) is 6.42 Å². The van der Waals surface area contributed by atoms with Gasteiger partial charge in [-0.2, -0.15) is 0 Å². The maximum Gasteiger partial charge on any atom is 0.240 e. The van der Waals surface area contributed by atoms with E-state index in [2.05, 4.69) is 4.72 Å². The molecule has 0 unspecified atom stereocenters. The molecular weight excluding hydrogens is 300 g/mol. The molecule has 0 atom stereocenters. The van der Waals surface area contributed by atoms with Crippen LogP contribution < -0.4 is 4.72 Å². The summed E-state index contributed by atoms with van der Waals surface area (Å²) < 4.78 is 56.4. The number of alkyl halides is 1. The Morgan fingerprint density at radius 2 is 1.95 bits per heavy atom. The summed E-state index contributed by atoms with van der Waals surface area (Å²) in [7, 11) is -3.83. The Labute approximate surface area is 115 Å². The molecule has 1 aromatic rings. The van der Waals surface area contributed by atoms with Gasteiger partial charge in [-0.3, -0.25) is 0 Å². The van der Waals surface area contributed by atoms with E-state index in [0.29, 0.717) is 31.6 Å². The molecule has 108 valence electrons. The van der Waals surface area contributed by atoms with Crippen LogP contribution in [0.5, 0.6) is 0 Å². The van der Waals surface area contributed by atoms with Crippen molar-refractivity contribution in [3.05, 3.63) is 29.8 Å². The molecule has 0 saturated carbocycles. The molecule has 0 spiro atoms. The van der Waals surface area contributed by atoms with Crippen molar-refractivity contribution in [2.24, 2.45) is 0 Å². The third kappa shape index (κ3) is 5.40. The van der Waals surface area contributed by atoms with Crippen LogP contribution in [0.25, 0.3) is 0 Å². The van der Waals surface area contributed by atoms with Crippen molar-refractivity contribution in [2.75, 3.05) is 25.6 Å². The molecule has 19 heavy (non-hydrogen) atoms. The lowest BCUT2D eigenvalue weighted by Crippen LogP contribution is -2.25. The summed E-state index contributed by atoms with van der Waals surface area (Å²) in [5, 5.41) is 0. The van der Waals surface area contributed by atoms with Crippen LogP contribution in [0.2, 0.25) is 0 Å². The minimum Gasteiger partial charge on any atom is -0.380 e. The molecule has 0 aliphatic rings. The Bertz CT molecular complexity index is 511. The molecule has 0 radical (unpaired) electrons. The van der Waals surface area contributed by atoms with Crippen molar-refractivity contribution in [3.8, 4) is 0 Å². The van der Waals surface area contributed by atoms with Crippen LogP contribution in [-0.2, 0) is 14.8 Å². The normalized spacial score (nSPS) is 11.7. The molecule has 0 aliphatic heterocycles. The van der Waals surface area contributed by atoms with Crippen LogP contribution in [0.4, 0.5) is 8.78 Å². The highest BCUT2D eigenvalue weighted by molar-refractivity contribution is 7.89. The van der Waals surface area contributed by atoms with E-state index in [1.165, 1.54) is 0 Å². The maximum atomic E-state index is 12.9. The smallest absolute Gasteiger partial charge is 0.240 e. The summed E-state index contributed by atoms with van der Waals surface area (Å²) in [6, 6.07) is 2.42. The summed E-state index contributed by atoms with van der Waals surface area (Å²) >= 11 is 5.39. The topological polar surface area (TPSA) is 55.4 Å². The third-order valence-electron chi connectivity index (χ3n) is 2.18. The zero-order valence-corrected chi connectivity index (χ0v) is 11.6. The van der Waals surface area contributed by atoms with Gasteiger partial charge in [-0.1, -0.05) is 0 Å². The van der Waals surface area contributed by atoms with Crippen molar-refractivity contribution in [1.29, 1.82) is 0 Å². The fourth-order valence-electron chi connectivity index (χ4n) is 1.26. The van der Waals surface area contributed by atoms with Gasteiger partial charge >= 0.3 is 0 Å². The molecule has 0 saturated heterocycles. The van der Waals surface area contributed by atoms with E-state index in [4.69, 9.17) is 16.3 Å². The second-order valence-corrected chi connectivity index (χ2v) is 5.77. The first-order valence-electron chi connectivity index (χ1n) is 5.56. The first-order valence-corrected chi connectivity index (χ1v) is 7.57. The molecule has 8 heteroatoms. The molecule has 1 aromatic carbocycles. The molecule has 0 amide bonds. The van der Waals surface area contributed by atoms with Gasteiger partial charge in [0.15, 0.2) is 11.6 Å². The number of halogens is 3. The van der Waals surface area contributed by atoms with E-state index in [0.717, 1.165) is 12.1 Å². The predicted octanol–water partition coefficient (Wildman–Crippen LogP) is 1.89. The van der Waals surface area contributed by atoms with Crippen LogP contribution in [0.3, 0.4) is 0 Å². The summed E-state index contributed by atoms with van der Waals surface area (Å²) in [5.41, 5.74) is 0. The van der Waals surface area contributed by atoms with Gasteiger partial charge in [0.05, 0.1) is 11.5 Å². The highest BCUT2D eigenvalue weighted by Crippen LogP contribution is 2.13. The van der Waals surface area contributed by atoms with Gasteiger partial charge in [-0.25, -0.2) is 21.9 Å². The molecule has 0 heterocycles. The zero-order valence-electron chi connectivity index (χ0n) is 10.0. The summed E-state index contributed by atoms with van der Waals surface area (Å²) in [6.07, 6.45) is 0.458. The van der Waals surface area contributed by atoms with Gasteiger partial charge < -0.3 is 4.74 Å². The standard InChI is InChI=1S/C11H14ClF2NO3S/c12-4-7-18-6-1-5-15-19(16,17)9-2-3-10(13)11(14)8-9/h2-3,8,15H,1,4-7H2. The van der Waals surface area contributed by atoms with Crippen molar-refractivity contribution in [1.82, 2.24) is 4.72 Å². The van der Waals surface area contributed by atoms with Crippen molar-refractivity contribution < 1.29 is 21.9 Å². The van der Waals surface area contributed by atoms with Gasteiger partial charge in [0.25, 0.3) is 0 Å². The number of rotatable bonds is 8. The Balaban J connectivity index is 2.49. The Hall–Kier alpha value is -0.760. The molecular formula is C11H14ClF2NO3S. The Morgan fingerprint density at radius 3 is 2.58 bits per heavy atom. The molecule has 4 nitrogen and oxygen atoms in total. The third-order valence-corrected chi connectivity index (χ3v) is 3.79. The Morgan fingerprint density at radius 1 is 1.21 bits per heavy atom. The van der Waals surface area contributed by atoms with Crippen LogP contribution in [-0.4, -0.2) is 34.1 Å². The average molecular weight is 314 g/mol. The van der Waals surface area contributed by atoms with E-state index in [-0.39, 0.29) is 11.4 Å². The second-order valence-electron chi connectivity index (χ2n) is 3.63. The van der Waals surface area contributed by atoms with Crippen molar-refractivity contribution >= 4 is 21.6 Å². The SMILES string of the molecule is O=S(=O)(NCCCOCCCl)c1ccc(F)c(F)c1. The van der Waals surface area contributed by atoms with E-state index in [9.17, 15) is 17.2 Å². The number of nitrogens with one attached hydrogen (secondary N) is 1. The van der Waals surface area contributed by atoms with E-state index >= 15 is 0 Å². The lowest BCUT2D eigenvalue weighted by Gasteiger charge is -2.07.